The fourth-order valence-electron chi connectivity index (χ4n) is 0.691. The third-order valence-electron chi connectivity index (χ3n) is 1.15. The van der Waals surface area contributed by atoms with Gasteiger partial charge in [-0.2, -0.15) is 0 Å². The first kappa shape index (κ1) is 9.57. The molecule has 1 aromatic heterocycles. The summed E-state index contributed by atoms with van der Waals surface area (Å²) >= 11 is 3.35. The van der Waals surface area contributed by atoms with Crippen molar-refractivity contribution in [3.63, 3.8) is 0 Å². The molecular formula is C6H6ClN2O2S-. The highest BCUT2D eigenvalue weighted by molar-refractivity contribution is 7.78. The minimum Gasteiger partial charge on any atom is -0.772 e. The van der Waals surface area contributed by atoms with E-state index in [2.05, 4.69) is 9.97 Å². The number of hydrogen-bond acceptors (Lipinski definition) is 4. The largest absolute Gasteiger partial charge is 0.772 e. The van der Waals surface area contributed by atoms with Gasteiger partial charge in [-0.05, 0) is 17.1 Å². The first-order valence-corrected chi connectivity index (χ1v) is 4.93. The van der Waals surface area contributed by atoms with E-state index in [-0.39, 0.29) is 17.5 Å². The molecule has 6 heteroatoms. The van der Waals surface area contributed by atoms with Gasteiger partial charge in [0.25, 0.3) is 0 Å². The average Bonchev–Trinajstić information content (AvgIpc) is 2.03. The molecule has 4 nitrogen and oxygen atoms in total. The predicted molar refractivity (Wildman–Crippen MR) is 44.2 cm³/mol. The molecule has 1 atom stereocenters. The van der Waals surface area contributed by atoms with Gasteiger partial charge in [0.1, 0.15) is 5.82 Å². The topological polar surface area (TPSA) is 65.9 Å². The lowest BCUT2D eigenvalue weighted by Crippen LogP contribution is -2.01. The normalized spacial score (nSPS) is 12.8. The lowest BCUT2D eigenvalue weighted by molar-refractivity contribution is 0.534. The van der Waals surface area contributed by atoms with Crippen LogP contribution >= 0.6 is 11.6 Å². The third-order valence-corrected chi connectivity index (χ3v) is 1.91. The van der Waals surface area contributed by atoms with Crippen molar-refractivity contribution < 1.29 is 8.76 Å². The molecule has 0 amide bonds. The maximum absolute atomic E-state index is 10.3. The summed E-state index contributed by atoms with van der Waals surface area (Å²) in [5, 5.41) is 0. The molecule has 12 heavy (non-hydrogen) atoms. The lowest BCUT2D eigenvalue weighted by Gasteiger charge is -2.03. The summed E-state index contributed by atoms with van der Waals surface area (Å²) in [7, 11) is 0. The molecule has 0 spiro atoms. The molecule has 0 fully saturated rings. The number of rotatable bonds is 3. The first-order valence-electron chi connectivity index (χ1n) is 3.15. The fourth-order valence-corrected chi connectivity index (χ4v) is 1.19. The monoisotopic (exact) mass is 205 g/mol. The second kappa shape index (κ2) is 4.49. The van der Waals surface area contributed by atoms with E-state index in [0.29, 0.717) is 5.69 Å². The standard InChI is InChI=1S/C6H7ClN2O2S/c7-3-5-1-2-8-6(9-5)4-12(10)11/h1-2H,3-4H2,(H,10,11)/p-1. The van der Waals surface area contributed by atoms with Crippen molar-refractivity contribution in [2.75, 3.05) is 0 Å². The molecule has 1 unspecified atom stereocenters. The zero-order valence-corrected chi connectivity index (χ0v) is 7.64. The molecular weight excluding hydrogens is 200 g/mol. The van der Waals surface area contributed by atoms with Crippen LogP contribution in [-0.2, 0) is 22.7 Å². The second-order valence-electron chi connectivity index (χ2n) is 2.05. The van der Waals surface area contributed by atoms with E-state index >= 15 is 0 Å². The minimum absolute atomic E-state index is 0.162. The number of alkyl halides is 1. The van der Waals surface area contributed by atoms with E-state index in [0.717, 1.165) is 0 Å². The van der Waals surface area contributed by atoms with Gasteiger partial charge in [-0.1, -0.05) is 0 Å². The molecule has 0 radical (unpaired) electrons. The van der Waals surface area contributed by atoms with Gasteiger partial charge < -0.3 is 4.55 Å². The van der Waals surface area contributed by atoms with Crippen molar-refractivity contribution in [1.29, 1.82) is 0 Å². The van der Waals surface area contributed by atoms with Gasteiger partial charge in [0, 0.05) is 6.20 Å². The molecule has 0 aliphatic carbocycles. The zero-order chi connectivity index (χ0) is 8.97. The van der Waals surface area contributed by atoms with Crippen LogP contribution in [0.25, 0.3) is 0 Å². The summed E-state index contributed by atoms with van der Waals surface area (Å²) in [6.45, 7) is 0. The van der Waals surface area contributed by atoms with Gasteiger partial charge in [0.05, 0.1) is 17.3 Å². The van der Waals surface area contributed by atoms with E-state index in [1.165, 1.54) is 6.20 Å². The maximum Gasteiger partial charge on any atom is 0.139 e. The Bertz CT molecular complexity index is 295. The minimum atomic E-state index is -2.14. The van der Waals surface area contributed by atoms with Crippen molar-refractivity contribution in [1.82, 2.24) is 9.97 Å². The zero-order valence-electron chi connectivity index (χ0n) is 6.07. The Balaban J connectivity index is 2.79. The van der Waals surface area contributed by atoms with Crippen LogP contribution in [0.3, 0.4) is 0 Å². The van der Waals surface area contributed by atoms with Crippen LogP contribution in [0.1, 0.15) is 11.5 Å². The Morgan fingerprint density at radius 2 is 2.42 bits per heavy atom. The van der Waals surface area contributed by atoms with Crippen LogP contribution < -0.4 is 0 Å². The maximum atomic E-state index is 10.3. The molecule has 0 N–H and O–H groups in total. The van der Waals surface area contributed by atoms with Crippen LogP contribution in [-0.4, -0.2) is 18.7 Å². The van der Waals surface area contributed by atoms with Crippen LogP contribution in [0.5, 0.6) is 0 Å². The summed E-state index contributed by atoms with van der Waals surface area (Å²) in [6, 6.07) is 1.64. The van der Waals surface area contributed by atoms with Crippen molar-refractivity contribution in [2.45, 2.75) is 11.6 Å². The van der Waals surface area contributed by atoms with Gasteiger partial charge in [-0.25, -0.2) is 9.97 Å². The SMILES string of the molecule is O=S([O-])Cc1nccc(CCl)n1. The number of aromatic nitrogens is 2. The first-order chi connectivity index (χ1) is 5.72. The molecule has 0 aliphatic heterocycles. The van der Waals surface area contributed by atoms with Gasteiger partial charge in [0.2, 0.25) is 0 Å². The molecule has 0 aromatic carbocycles. The van der Waals surface area contributed by atoms with Crippen molar-refractivity contribution in [2.24, 2.45) is 0 Å². The highest BCUT2D eigenvalue weighted by Gasteiger charge is 1.97. The lowest BCUT2D eigenvalue weighted by atomic mass is 10.4. The van der Waals surface area contributed by atoms with Gasteiger partial charge >= 0.3 is 0 Å². The quantitative estimate of drug-likeness (QED) is 0.535. The molecule has 1 aromatic rings. The van der Waals surface area contributed by atoms with Crippen LogP contribution in [0.2, 0.25) is 0 Å². The van der Waals surface area contributed by atoms with Crippen LogP contribution in [0.15, 0.2) is 12.3 Å². The smallest absolute Gasteiger partial charge is 0.139 e. The summed E-state index contributed by atoms with van der Waals surface area (Å²) in [5.41, 5.74) is 0.632. The third kappa shape index (κ3) is 2.84. The van der Waals surface area contributed by atoms with Crippen molar-refractivity contribution in [3.8, 4) is 0 Å². The van der Waals surface area contributed by atoms with Gasteiger partial charge in [0.15, 0.2) is 0 Å². The number of nitrogens with zero attached hydrogens (tertiary/aromatic N) is 2. The highest BCUT2D eigenvalue weighted by atomic mass is 35.5. The Morgan fingerprint density at radius 1 is 1.67 bits per heavy atom. The average molecular weight is 206 g/mol. The van der Waals surface area contributed by atoms with E-state index in [1.807, 2.05) is 0 Å². The predicted octanol–water partition coefficient (Wildman–Crippen LogP) is 0.595. The van der Waals surface area contributed by atoms with Gasteiger partial charge in [-0.15, -0.1) is 11.6 Å². The van der Waals surface area contributed by atoms with E-state index in [4.69, 9.17) is 11.6 Å². The Morgan fingerprint density at radius 3 is 3.00 bits per heavy atom. The summed E-state index contributed by atoms with van der Waals surface area (Å²) in [6.07, 6.45) is 1.49. The van der Waals surface area contributed by atoms with Crippen LogP contribution in [0.4, 0.5) is 0 Å². The Labute approximate surface area is 77.3 Å². The highest BCUT2D eigenvalue weighted by Crippen LogP contribution is 2.00. The summed E-state index contributed by atoms with van der Waals surface area (Å²) < 4.78 is 20.5. The molecule has 0 aliphatic rings. The van der Waals surface area contributed by atoms with E-state index in [9.17, 15) is 8.76 Å². The van der Waals surface area contributed by atoms with E-state index < -0.39 is 11.1 Å². The second-order valence-corrected chi connectivity index (χ2v) is 3.21. The Kier molecular flexibility index (Phi) is 3.58. The molecule has 0 saturated carbocycles. The molecule has 0 bridgehead atoms. The molecule has 0 saturated heterocycles. The molecule has 1 heterocycles. The fraction of sp³-hybridized carbons (Fsp3) is 0.333. The van der Waals surface area contributed by atoms with Crippen LogP contribution in [0, 0.1) is 0 Å². The number of halogens is 1. The summed E-state index contributed by atoms with van der Waals surface area (Å²) in [4.78, 5) is 7.66. The Hall–Kier alpha value is -0.520. The van der Waals surface area contributed by atoms with E-state index in [1.54, 1.807) is 6.07 Å². The number of hydrogen-bond donors (Lipinski definition) is 0. The molecule has 66 valence electrons. The van der Waals surface area contributed by atoms with Gasteiger partial charge in [-0.3, -0.25) is 4.21 Å². The molecule has 1 rings (SSSR count). The van der Waals surface area contributed by atoms with Crippen molar-refractivity contribution in [3.05, 3.63) is 23.8 Å². The van der Waals surface area contributed by atoms with Crippen molar-refractivity contribution >= 4 is 22.7 Å². The summed E-state index contributed by atoms with van der Waals surface area (Å²) in [5.74, 6) is 0.382.